The zero-order valence-corrected chi connectivity index (χ0v) is 14.8. The zero-order chi connectivity index (χ0) is 20.1. The summed E-state index contributed by atoms with van der Waals surface area (Å²) in [5.41, 5.74) is -0.190. The molecule has 0 aliphatic carbocycles. The van der Waals surface area contributed by atoms with Crippen molar-refractivity contribution in [2.75, 3.05) is 19.0 Å². The lowest BCUT2D eigenvalue weighted by molar-refractivity contribution is -0.116. The highest BCUT2D eigenvalue weighted by molar-refractivity contribution is 5.90. The zero-order valence-electron chi connectivity index (χ0n) is 14.8. The van der Waals surface area contributed by atoms with Gasteiger partial charge in [0.05, 0.1) is 17.9 Å². The summed E-state index contributed by atoms with van der Waals surface area (Å²) in [5.74, 6) is -1.70. The molecule has 1 N–H and O–H groups in total. The molecule has 3 aromatic rings. The molecular weight excluding hydrogens is 374 g/mol. The highest BCUT2D eigenvalue weighted by Gasteiger charge is 2.13. The Balaban J connectivity index is 1.75. The molecule has 0 atom stereocenters. The van der Waals surface area contributed by atoms with E-state index in [1.54, 1.807) is 7.11 Å². The third kappa shape index (κ3) is 4.65. The molecule has 0 aliphatic rings. The van der Waals surface area contributed by atoms with Gasteiger partial charge in [-0.2, -0.15) is 4.98 Å². The second-order valence-corrected chi connectivity index (χ2v) is 5.81. The van der Waals surface area contributed by atoms with Crippen molar-refractivity contribution >= 4 is 11.6 Å². The number of anilines is 1. The van der Waals surface area contributed by atoms with Gasteiger partial charge in [0, 0.05) is 31.9 Å². The maximum Gasteiger partial charge on any atom is 0.259 e. The number of benzene rings is 1. The molecule has 0 bridgehead atoms. The van der Waals surface area contributed by atoms with Crippen LogP contribution in [0.4, 0.5) is 14.5 Å². The Kier molecular flexibility index (Phi) is 5.90. The quantitative estimate of drug-likeness (QED) is 0.663. The van der Waals surface area contributed by atoms with E-state index in [2.05, 4.69) is 15.5 Å². The molecule has 10 heteroatoms. The van der Waals surface area contributed by atoms with Crippen LogP contribution in [-0.2, 0) is 22.5 Å². The molecule has 0 radical (unpaired) electrons. The van der Waals surface area contributed by atoms with Crippen molar-refractivity contribution in [1.29, 1.82) is 0 Å². The molecule has 1 aromatic carbocycles. The number of carbonyl (C=O) groups is 1. The van der Waals surface area contributed by atoms with Gasteiger partial charge in [-0.25, -0.2) is 8.78 Å². The van der Waals surface area contributed by atoms with Crippen LogP contribution in [0.25, 0.3) is 11.5 Å². The normalized spacial score (nSPS) is 10.8. The van der Waals surface area contributed by atoms with Crippen molar-refractivity contribution in [3.63, 3.8) is 0 Å². The van der Waals surface area contributed by atoms with Crippen molar-refractivity contribution in [1.82, 2.24) is 14.7 Å². The third-order valence-corrected chi connectivity index (χ3v) is 3.75. The topological polar surface area (TPSA) is 99.3 Å². The predicted octanol–water partition coefficient (Wildman–Crippen LogP) is 2.00. The lowest BCUT2D eigenvalue weighted by Crippen LogP contribution is -2.27. The van der Waals surface area contributed by atoms with Gasteiger partial charge in [-0.1, -0.05) is 5.16 Å². The molecule has 0 fully saturated rings. The molecule has 2 aromatic heterocycles. The predicted molar refractivity (Wildman–Crippen MR) is 94.6 cm³/mol. The SMILES string of the molecule is COCCc1noc(-c2ccc(=O)n(CC(=O)Nc3ccc(F)cc3F)c2)n1. The molecule has 2 heterocycles. The van der Waals surface area contributed by atoms with E-state index in [9.17, 15) is 18.4 Å². The number of aromatic nitrogens is 3. The fourth-order valence-corrected chi connectivity index (χ4v) is 2.38. The molecule has 8 nitrogen and oxygen atoms in total. The largest absolute Gasteiger partial charge is 0.384 e. The summed E-state index contributed by atoms with van der Waals surface area (Å²) in [6, 6.07) is 5.51. The molecule has 0 aliphatic heterocycles. The van der Waals surface area contributed by atoms with Crippen LogP contribution in [0.5, 0.6) is 0 Å². The van der Waals surface area contributed by atoms with Gasteiger partial charge in [-0.3, -0.25) is 9.59 Å². The number of nitrogens with one attached hydrogen (secondary N) is 1. The van der Waals surface area contributed by atoms with Gasteiger partial charge in [0.1, 0.15) is 18.2 Å². The van der Waals surface area contributed by atoms with Crippen LogP contribution in [0.3, 0.4) is 0 Å². The number of rotatable bonds is 7. The number of amides is 1. The lowest BCUT2D eigenvalue weighted by Gasteiger charge is -2.09. The minimum absolute atomic E-state index is 0.185. The van der Waals surface area contributed by atoms with Crippen LogP contribution >= 0.6 is 0 Å². The second-order valence-electron chi connectivity index (χ2n) is 5.81. The number of hydrogen-bond acceptors (Lipinski definition) is 6. The van der Waals surface area contributed by atoms with Crippen LogP contribution in [0.2, 0.25) is 0 Å². The first kappa shape index (κ1) is 19.4. The molecule has 0 saturated carbocycles. The second kappa shape index (κ2) is 8.53. The van der Waals surface area contributed by atoms with Crippen molar-refractivity contribution < 1.29 is 22.8 Å². The minimum atomic E-state index is -0.913. The first-order valence-corrected chi connectivity index (χ1v) is 8.23. The van der Waals surface area contributed by atoms with E-state index in [1.165, 1.54) is 18.3 Å². The van der Waals surface area contributed by atoms with Gasteiger partial charge in [-0.05, 0) is 18.2 Å². The van der Waals surface area contributed by atoms with Gasteiger partial charge < -0.3 is 19.1 Å². The van der Waals surface area contributed by atoms with E-state index in [4.69, 9.17) is 9.26 Å². The number of ether oxygens (including phenoxy) is 1. The summed E-state index contributed by atoms with van der Waals surface area (Å²) in [6.45, 7) is 0.0484. The molecule has 1 amide bonds. The Morgan fingerprint density at radius 2 is 2.11 bits per heavy atom. The summed E-state index contributed by atoms with van der Waals surface area (Å²) in [7, 11) is 1.56. The van der Waals surface area contributed by atoms with Gasteiger partial charge in [0.15, 0.2) is 5.82 Å². The molecule has 0 saturated heterocycles. The van der Waals surface area contributed by atoms with E-state index < -0.39 is 23.1 Å². The summed E-state index contributed by atoms with van der Waals surface area (Å²) in [5, 5.41) is 6.10. The first-order valence-electron chi connectivity index (χ1n) is 8.23. The number of halogens is 2. The molecule has 0 spiro atoms. The fraction of sp³-hybridized carbons (Fsp3) is 0.222. The Hall–Kier alpha value is -3.40. The van der Waals surface area contributed by atoms with Crippen molar-refractivity contribution in [2.45, 2.75) is 13.0 Å². The summed E-state index contributed by atoms with van der Waals surface area (Å²) >= 11 is 0. The highest BCUT2D eigenvalue weighted by atomic mass is 19.1. The van der Waals surface area contributed by atoms with Gasteiger partial charge in [-0.15, -0.1) is 0 Å². The Morgan fingerprint density at radius 1 is 1.29 bits per heavy atom. The summed E-state index contributed by atoms with van der Waals surface area (Å²) in [6.07, 6.45) is 1.85. The fourth-order valence-electron chi connectivity index (χ4n) is 2.38. The number of carbonyl (C=O) groups excluding carboxylic acids is 1. The van der Waals surface area contributed by atoms with Crippen LogP contribution in [0.1, 0.15) is 5.82 Å². The van der Waals surface area contributed by atoms with Gasteiger partial charge >= 0.3 is 0 Å². The molecule has 0 unspecified atom stereocenters. The Bertz CT molecular complexity index is 1050. The smallest absolute Gasteiger partial charge is 0.259 e. The van der Waals surface area contributed by atoms with Crippen molar-refractivity contribution in [3.8, 4) is 11.5 Å². The van der Waals surface area contributed by atoms with Crippen molar-refractivity contribution in [3.05, 3.63) is 64.3 Å². The van der Waals surface area contributed by atoms with Crippen molar-refractivity contribution in [2.24, 2.45) is 0 Å². The number of nitrogens with zero attached hydrogens (tertiary/aromatic N) is 3. The van der Waals surface area contributed by atoms with E-state index >= 15 is 0 Å². The standard InChI is InChI=1S/C18H16F2N4O4/c1-27-7-6-15-22-18(28-23-15)11-2-5-17(26)24(9-11)10-16(25)21-14-4-3-12(19)8-13(14)20/h2-5,8-9H,6-7,10H2,1H3,(H,21,25). The van der Waals surface area contributed by atoms with E-state index in [0.29, 0.717) is 30.5 Å². The molecule has 146 valence electrons. The van der Waals surface area contributed by atoms with E-state index in [0.717, 1.165) is 16.7 Å². The minimum Gasteiger partial charge on any atom is -0.384 e. The monoisotopic (exact) mass is 390 g/mol. The van der Waals surface area contributed by atoms with E-state index in [-0.39, 0.29) is 18.1 Å². The average molecular weight is 390 g/mol. The lowest BCUT2D eigenvalue weighted by atomic mass is 10.2. The summed E-state index contributed by atoms with van der Waals surface area (Å²) < 4.78 is 37.8. The molecular formula is C18H16F2N4O4. The first-order chi connectivity index (χ1) is 13.5. The van der Waals surface area contributed by atoms with Gasteiger partial charge in [0.2, 0.25) is 5.91 Å². The maximum atomic E-state index is 13.6. The molecule has 28 heavy (non-hydrogen) atoms. The number of methoxy groups -OCH3 is 1. The average Bonchev–Trinajstić information content (AvgIpc) is 3.13. The van der Waals surface area contributed by atoms with Crippen LogP contribution < -0.4 is 10.9 Å². The van der Waals surface area contributed by atoms with E-state index in [1.807, 2.05) is 0 Å². The number of pyridine rings is 1. The summed E-state index contributed by atoms with van der Waals surface area (Å²) in [4.78, 5) is 28.4. The van der Waals surface area contributed by atoms with Gasteiger partial charge in [0.25, 0.3) is 11.4 Å². The number of hydrogen-bond donors (Lipinski definition) is 1. The van der Waals surface area contributed by atoms with Crippen LogP contribution in [-0.4, -0.2) is 34.3 Å². The van der Waals surface area contributed by atoms with Crippen LogP contribution in [0.15, 0.2) is 45.8 Å². The Morgan fingerprint density at radius 3 is 2.86 bits per heavy atom. The third-order valence-electron chi connectivity index (χ3n) is 3.75. The Labute approximate surface area is 157 Å². The maximum absolute atomic E-state index is 13.6. The molecule has 3 rings (SSSR count). The highest BCUT2D eigenvalue weighted by Crippen LogP contribution is 2.17. The van der Waals surface area contributed by atoms with Crippen LogP contribution in [0, 0.1) is 11.6 Å².